The van der Waals surface area contributed by atoms with Gasteiger partial charge in [-0.25, -0.2) is 4.98 Å². The van der Waals surface area contributed by atoms with E-state index >= 15 is 0 Å². The van der Waals surface area contributed by atoms with Gasteiger partial charge in [-0.3, -0.25) is 0 Å². The highest BCUT2D eigenvalue weighted by Crippen LogP contribution is 2.24. The van der Waals surface area contributed by atoms with Crippen LogP contribution in [0.5, 0.6) is 5.75 Å². The van der Waals surface area contributed by atoms with Crippen LogP contribution >= 0.6 is 11.6 Å². The Morgan fingerprint density at radius 2 is 1.92 bits per heavy atom. The monoisotopic (exact) mass is 340 g/mol. The molecule has 0 saturated heterocycles. The zero-order chi connectivity index (χ0) is 16.8. The maximum absolute atomic E-state index is 6.32. The lowest BCUT2D eigenvalue weighted by Crippen LogP contribution is -2.16. The van der Waals surface area contributed by atoms with Crippen LogP contribution in [-0.2, 0) is 13.0 Å². The van der Waals surface area contributed by atoms with Crippen LogP contribution in [0.25, 0.3) is 10.9 Å². The van der Waals surface area contributed by atoms with Crippen molar-refractivity contribution in [1.29, 1.82) is 0 Å². The lowest BCUT2D eigenvalue weighted by atomic mass is 10.1. The molecule has 3 nitrogen and oxygen atoms in total. The molecule has 0 aliphatic rings. The maximum atomic E-state index is 6.32. The number of nitrogens with one attached hydrogen (secondary N) is 1. The number of methoxy groups -OCH3 is 1. The van der Waals surface area contributed by atoms with Crippen molar-refractivity contribution in [2.24, 2.45) is 0 Å². The molecular weight excluding hydrogens is 320 g/mol. The number of fused-ring (bicyclic) bond motifs is 1. The molecule has 1 aromatic heterocycles. The van der Waals surface area contributed by atoms with Gasteiger partial charge in [-0.1, -0.05) is 41.9 Å². The Kier molecular flexibility index (Phi) is 5.68. The molecule has 4 heteroatoms. The molecule has 0 unspecified atom stereocenters. The highest BCUT2D eigenvalue weighted by Gasteiger charge is 2.06. The molecule has 124 valence electrons. The number of ether oxygens (including phenoxy) is 1. The van der Waals surface area contributed by atoms with Crippen molar-refractivity contribution in [1.82, 2.24) is 10.3 Å². The van der Waals surface area contributed by atoms with Gasteiger partial charge in [-0.2, -0.15) is 0 Å². The van der Waals surface area contributed by atoms with E-state index in [0.717, 1.165) is 48.1 Å². The summed E-state index contributed by atoms with van der Waals surface area (Å²) >= 11 is 6.32. The largest absolute Gasteiger partial charge is 0.497 e. The molecule has 0 aliphatic carbocycles. The van der Waals surface area contributed by atoms with Gasteiger partial charge in [0, 0.05) is 23.6 Å². The Morgan fingerprint density at radius 1 is 1.08 bits per heavy atom. The SMILES string of the molecule is COc1ccc2cc(CNCCCc3ccccc3)c(Cl)nc2c1. The van der Waals surface area contributed by atoms with Crippen LogP contribution in [-0.4, -0.2) is 18.6 Å². The number of hydrogen-bond acceptors (Lipinski definition) is 3. The van der Waals surface area contributed by atoms with Gasteiger partial charge in [0.15, 0.2) is 0 Å². The van der Waals surface area contributed by atoms with Gasteiger partial charge in [0.25, 0.3) is 0 Å². The Hall–Kier alpha value is -2.10. The van der Waals surface area contributed by atoms with Crippen LogP contribution in [0.2, 0.25) is 5.15 Å². The third kappa shape index (κ3) is 4.25. The van der Waals surface area contributed by atoms with Crippen molar-refractivity contribution in [2.75, 3.05) is 13.7 Å². The van der Waals surface area contributed by atoms with Crippen molar-refractivity contribution in [3.63, 3.8) is 0 Å². The topological polar surface area (TPSA) is 34.1 Å². The van der Waals surface area contributed by atoms with Crippen molar-refractivity contribution in [3.8, 4) is 5.75 Å². The number of hydrogen-bond donors (Lipinski definition) is 1. The summed E-state index contributed by atoms with van der Waals surface area (Å²) in [5, 5.41) is 5.07. The number of benzene rings is 2. The molecule has 3 aromatic rings. The van der Waals surface area contributed by atoms with E-state index in [1.807, 2.05) is 24.3 Å². The average molecular weight is 341 g/mol. The summed E-state index contributed by atoms with van der Waals surface area (Å²) in [5.41, 5.74) is 3.25. The lowest BCUT2D eigenvalue weighted by molar-refractivity contribution is 0.415. The average Bonchev–Trinajstić information content (AvgIpc) is 2.62. The molecule has 0 fully saturated rings. The van der Waals surface area contributed by atoms with E-state index in [1.165, 1.54) is 5.56 Å². The summed E-state index contributed by atoms with van der Waals surface area (Å²) < 4.78 is 5.23. The third-order valence-corrected chi connectivity index (χ3v) is 4.36. The molecular formula is C20H21ClN2O. The summed E-state index contributed by atoms with van der Waals surface area (Å²) in [7, 11) is 1.65. The Labute approximate surface area is 147 Å². The summed E-state index contributed by atoms with van der Waals surface area (Å²) in [4.78, 5) is 4.48. The van der Waals surface area contributed by atoms with Crippen molar-refractivity contribution < 1.29 is 4.74 Å². The predicted octanol–water partition coefficient (Wildman–Crippen LogP) is 4.62. The number of aryl methyl sites for hydroxylation is 1. The molecule has 0 aliphatic heterocycles. The van der Waals surface area contributed by atoms with E-state index in [0.29, 0.717) is 5.15 Å². The van der Waals surface area contributed by atoms with Gasteiger partial charge in [0.2, 0.25) is 0 Å². The minimum absolute atomic E-state index is 0.548. The van der Waals surface area contributed by atoms with E-state index in [-0.39, 0.29) is 0 Å². The van der Waals surface area contributed by atoms with Crippen LogP contribution in [0.4, 0.5) is 0 Å². The van der Waals surface area contributed by atoms with Crippen LogP contribution in [0, 0.1) is 0 Å². The molecule has 0 spiro atoms. The third-order valence-electron chi connectivity index (χ3n) is 4.03. The van der Waals surface area contributed by atoms with Crippen LogP contribution in [0.3, 0.4) is 0 Å². The second-order valence-electron chi connectivity index (χ2n) is 5.76. The molecule has 2 aromatic carbocycles. The molecule has 0 amide bonds. The quantitative estimate of drug-likeness (QED) is 0.503. The minimum atomic E-state index is 0.548. The fourth-order valence-electron chi connectivity index (χ4n) is 2.70. The predicted molar refractivity (Wildman–Crippen MR) is 99.8 cm³/mol. The van der Waals surface area contributed by atoms with Gasteiger partial charge in [-0.15, -0.1) is 0 Å². The molecule has 3 rings (SSSR count). The van der Waals surface area contributed by atoms with Crippen molar-refractivity contribution in [3.05, 3.63) is 70.9 Å². The highest BCUT2D eigenvalue weighted by molar-refractivity contribution is 6.30. The number of nitrogens with zero attached hydrogens (tertiary/aromatic N) is 1. The number of aromatic nitrogens is 1. The molecule has 1 heterocycles. The lowest BCUT2D eigenvalue weighted by Gasteiger charge is -2.09. The number of rotatable bonds is 7. The Balaban J connectivity index is 1.56. The van der Waals surface area contributed by atoms with Crippen LogP contribution < -0.4 is 10.1 Å². The van der Waals surface area contributed by atoms with E-state index < -0.39 is 0 Å². The van der Waals surface area contributed by atoms with Gasteiger partial charge in [0.05, 0.1) is 12.6 Å². The minimum Gasteiger partial charge on any atom is -0.497 e. The maximum Gasteiger partial charge on any atom is 0.134 e. The first-order valence-corrected chi connectivity index (χ1v) is 8.52. The molecule has 0 radical (unpaired) electrons. The van der Waals surface area contributed by atoms with E-state index in [4.69, 9.17) is 16.3 Å². The van der Waals surface area contributed by atoms with Gasteiger partial charge in [0.1, 0.15) is 10.9 Å². The molecule has 0 saturated carbocycles. The molecule has 24 heavy (non-hydrogen) atoms. The summed E-state index contributed by atoms with van der Waals surface area (Å²) in [5.74, 6) is 0.790. The standard InChI is InChI=1S/C20H21ClN2O/c1-24-18-10-9-16-12-17(20(21)23-19(16)13-18)14-22-11-5-8-15-6-3-2-4-7-15/h2-4,6-7,9-10,12-13,22H,5,8,11,14H2,1H3. The zero-order valence-electron chi connectivity index (χ0n) is 13.8. The number of pyridine rings is 1. The van der Waals surface area contributed by atoms with Gasteiger partial charge in [-0.05, 0) is 43.1 Å². The zero-order valence-corrected chi connectivity index (χ0v) is 14.5. The summed E-state index contributed by atoms with van der Waals surface area (Å²) in [6, 6.07) is 18.5. The molecule has 1 N–H and O–H groups in total. The first-order chi connectivity index (χ1) is 11.8. The Morgan fingerprint density at radius 3 is 2.71 bits per heavy atom. The highest BCUT2D eigenvalue weighted by atomic mass is 35.5. The second-order valence-corrected chi connectivity index (χ2v) is 6.12. The van der Waals surface area contributed by atoms with E-state index in [9.17, 15) is 0 Å². The Bertz CT molecular complexity index is 805. The molecule has 0 bridgehead atoms. The van der Waals surface area contributed by atoms with Crippen molar-refractivity contribution in [2.45, 2.75) is 19.4 Å². The summed E-state index contributed by atoms with van der Waals surface area (Å²) in [6.45, 7) is 1.68. The van der Waals surface area contributed by atoms with Gasteiger partial charge < -0.3 is 10.1 Å². The van der Waals surface area contributed by atoms with E-state index in [2.05, 4.69) is 40.6 Å². The van der Waals surface area contributed by atoms with E-state index in [1.54, 1.807) is 7.11 Å². The fourth-order valence-corrected chi connectivity index (χ4v) is 2.92. The van der Waals surface area contributed by atoms with Crippen LogP contribution in [0.15, 0.2) is 54.6 Å². The summed E-state index contributed by atoms with van der Waals surface area (Å²) in [6.07, 6.45) is 2.18. The fraction of sp³-hybridized carbons (Fsp3) is 0.250. The number of halogens is 1. The second kappa shape index (κ2) is 8.13. The first-order valence-electron chi connectivity index (χ1n) is 8.14. The van der Waals surface area contributed by atoms with Crippen LogP contribution in [0.1, 0.15) is 17.5 Å². The smallest absolute Gasteiger partial charge is 0.134 e. The van der Waals surface area contributed by atoms with Gasteiger partial charge >= 0.3 is 0 Å². The van der Waals surface area contributed by atoms with Crippen molar-refractivity contribution >= 4 is 22.5 Å². The first kappa shape index (κ1) is 16.7. The normalized spacial score (nSPS) is 10.9. The molecule has 0 atom stereocenters.